The summed E-state index contributed by atoms with van der Waals surface area (Å²) in [4.78, 5) is 34.5. The van der Waals surface area contributed by atoms with Crippen LogP contribution in [-0.4, -0.2) is 56.4 Å². The highest BCUT2D eigenvalue weighted by Crippen LogP contribution is 2.37. The third-order valence-corrected chi connectivity index (χ3v) is 13.3. The summed E-state index contributed by atoms with van der Waals surface area (Å²) in [6.45, 7) is 17.1. The molecule has 374 valence electrons. The van der Waals surface area contributed by atoms with E-state index in [1.807, 2.05) is 24.3 Å². The molecule has 0 amide bonds. The summed E-state index contributed by atoms with van der Waals surface area (Å²) >= 11 is 22.8. The maximum atomic E-state index is 11.8. The molecule has 0 unspecified atom stereocenters. The van der Waals surface area contributed by atoms with Crippen LogP contribution in [0.3, 0.4) is 0 Å². The highest BCUT2D eigenvalue weighted by molar-refractivity contribution is 9.10. The molecular weight excluding hydrogens is 1130 g/mol. The summed E-state index contributed by atoms with van der Waals surface area (Å²) in [6, 6.07) is 38.7. The molecule has 0 bridgehead atoms. The van der Waals surface area contributed by atoms with Gasteiger partial charge >= 0.3 is 25.0 Å². The van der Waals surface area contributed by atoms with Crippen molar-refractivity contribution in [2.24, 2.45) is 0 Å². The van der Waals surface area contributed by atoms with Gasteiger partial charge in [-0.05, 0) is 198 Å². The van der Waals surface area contributed by atoms with Gasteiger partial charge in [-0.1, -0.05) is 105 Å². The van der Waals surface area contributed by atoms with Crippen LogP contribution in [0, 0.1) is 55.4 Å². The quantitative estimate of drug-likeness (QED) is 0.0856. The third-order valence-electron chi connectivity index (χ3n) is 11.6. The molecule has 2 N–H and O–H groups in total. The van der Waals surface area contributed by atoms with Crippen LogP contribution >= 0.6 is 31.9 Å². The van der Waals surface area contributed by atoms with E-state index in [1.165, 1.54) is 121 Å². The predicted octanol–water partition coefficient (Wildman–Crippen LogP) is 12.7. The number of rotatable bonds is 8. The Bertz CT molecular complexity index is 2900. The van der Waals surface area contributed by atoms with E-state index >= 15 is 0 Å². The first-order valence-electron chi connectivity index (χ1n) is 22.0. The molecule has 0 aromatic heterocycles. The molecule has 0 saturated carbocycles. The maximum absolute atomic E-state index is 11.8. The summed E-state index contributed by atoms with van der Waals surface area (Å²) in [5.74, 6) is -1.11. The molecule has 7 aromatic carbocycles. The summed E-state index contributed by atoms with van der Waals surface area (Å²) in [5, 5.41) is 17.5. The van der Waals surface area contributed by atoms with E-state index in [0.717, 1.165) is 31.1 Å². The molecule has 0 fully saturated rings. The molecule has 0 aliphatic heterocycles. The van der Waals surface area contributed by atoms with Crippen LogP contribution in [0.5, 0.6) is 0 Å². The molecule has 0 aliphatic rings. The van der Waals surface area contributed by atoms with E-state index in [4.69, 9.17) is 19.5 Å². The standard InChI is InChI=1S/C32H30O4.C16H16Br2.C8H9BO4.S3.S2/c1-19-17-29(21(3)15-27(19)23-7-11-25(12-8-23)31(33)35-5)30-18-20(2)28(16-22(30)4)24-9-13-26(14-10-24)32(34)36-6;1-9-7-15(17)11(3)5-13(9)14-6-12(4)16(18)8-10(14)2;1-13-8(10)6-2-4-7(5-3-6)9(11)12;1-3-2;1-2/h7-18H,1-6H3;5-8H,1-4H3;2-5,11-12H,1H3;;. The zero-order valence-electron chi connectivity index (χ0n) is 41.8. The number of benzene rings is 7. The number of hydrogen-bond donors (Lipinski definition) is 2. The van der Waals surface area contributed by atoms with Crippen LogP contribution in [-0.2, 0) is 67.8 Å². The van der Waals surface area contributed by atoms with Crippen molar-refractivity contribution in [1.29, 1.82) is 0 Å². The molecule has 7 rings (SSSR count). The smallest absolute Gasteiger partial charge is 0.465 e. The van der Waals surface area contributed by atoms with Crippen molar-refractivity contribution in [2.45, 2.75) is 55.4 Å². The molecule has 0 aliphatic carbocycles. The topological polar surface area (TPSA) is 119 Å². The second kappa shape index (κ2) is 29.6. The lowest BCUT2D eigenvalue weighted by Crippen LogP contribution is -2.29. The fraction of sp³-hybridized carbons (Fsp3) is 0.196. The van der Waals surface area contributed by atoms with Crippen LogP contribution in [0.2, 0.25) is 0 Å². The second-order valence-corrected chi connectivity index (χ2v) is 20.0. The average Bonchev–Trinajstić information content (AvgIpc) is 3.38. The molecule has 0 spiro atoms. The largest absolute Gasteiger partial charge is 0.488 e. The van der Waals surface area contributed by atoms with E-state index < -0.39 is 13.1 Å². The first-order chi connectivity index (χ1) is 34.2. The average molecular weight is 1190 g/mol. The van der Waals surface area contributed by atoms with Crippen molar-refractivity contribution in [3.63, 3.8) is 0 Å². The normalized spacial score (nSPS) is 9.99. The highest BCUT2D eigenvalue weighted by atomic mass is 79.9. The van der Waals surface area contributed by atoms with Gasteiger partial charge in [-0.3, -0.25) is 0 Å². The fourth-order valence-electron chi connectivity index (χ4n) is 7.69. The van der Waals surface area contributed by atoms with Crippen LogP contribution in [0.1, 0.15) is 75.6 Å². The van der Waals surface area contributed by atoms with E-state index in [0.29, 0.717) is 22.2 Å². The van der Waals surface area contributed by atoms with Gasteiger partial charge in [-0.15, -0.1) is 0 Å². The number of carbonyl (C=O) groups excluding carboxylic acids is 3. The van der Waals surface area contributed by atoms with Gasteiger partial charge in [0, 0.05) is 62.6 Å². The zero-order valence-corrected chi connectivity index (χ0v) is 49.0. The maximum Gasteiger partial charge on any atom is 0.488 e. The van der Waals surface area contributed by atoms with Gasteiger partial charge in [0.2, 0.25) is 0 Å². The third kappa shape index (κ3) is 16.5. The number of aryl methyl sites for hydroxylation is 8. The number of hydrogen-bond acceptors (Lipinski definition) is 12. The van der Waals surface area contributed by atoms with Gasteiger partial charge in [0.15, 0.2) is 0 Å². The Morgan fingerprint density at radius 1 is 0.417 bits per heavy atom. The second-order valence-electron chi connectivity index (χ2n) is 16.5. The van der Waals surface area contributed by atoms with E-state index in [-0.39, 0.29) is 11.9 Å². The Balaban J connectivity index is 0.000000314. The van der Waals surface area contributed by atoms with Gasteiger partial charge in [-0.25, -0.2) is 14.4 Å². The van der Waals surface area contributed by atoms with Gasteiger partial charge in [-0.2, -0.15) is 0 Å². The van der Waals surface area contributed by atoms with Gasteiger partial charge in [0.05, 0.1) is 38.0 Å². The van der Waals surface area contributed by atoms with Crippen LogP contribution < -0.4 is 5.46 Å². The number of carbonyl (C=O) groups is 3. The molecular formula is C56H55BBr2O8S5. The Labute approximate surface area is 463 Å². The van der Waals surface area contributed by atoms with Crippen LogP contribution in [0.15, 0.2) is 130 Å². The predicted molar refractivity (Wildman–Crippen MR) is 315 cm³/mol. The monoisotopic (exact) mass is 1180 g/mol. The lowest BCUT2D eigenvalue weighted by Gasteiger charge is -2.17. The number of ether oxygens (including phenoxy) is 3. The molecule has 0 radical (unpaired) electrons. The number of halogens is 2. The highest BCUT2D eigenvalue weighted by Gasteiger charge is 2.16. The lowest BCUT2D eigenvalue weighted by molar-refractivity contribution is 0.0592. The Kier molecular flexibility index (Phi) is 25.2. The SMILES string of the molecule is COC(=O)c1ccc(-c2cc(C)c(-c3cc(C)c(-c4ccc(C(=O)OC)cc4)cc3C)cc2C)cc1.COC(=O)c1ccc(B(O)O)cc1.Cc1cc(-c2cc(C)c(Br)cc2C)c(C)cc1Br.S=S.S=S=S. The van der Waals surface area contributed by atoms with Crippen molar-refractivity contribution < 1.29 is 38.6 Å². The fourth-order valence-corrected chi connectivity index (χ4v) is 8.61. The summed E-state index contributed by atoms with van der Waals surface area (Å²) < 4.78 is 16.4. The van der Waals surface area contributed by atoms with Crippen molar-refractivity contribution in [3.05, 3.63) is 191 Å². The van der Waals surface area contributed by atoms with Crippen LogP contribution in [0.4, 0.5) is 0 Å². The number of esters is 3. The minimum atomic E-state index is -1.51. The van der Waals surface area contributed by atoms with Gasteiger partial charge in [0.1, 0.15) is 0 Å². The summed E-state index contributed by atoms with van der Waals surface area (Å²) in [5.41, 5.74) is 21.1. The van der Waals surface area contributed by atoms with Crippen molar-refractivity contribution in [1.82, 2.24) is 0 Å². The van der Waals surface area contributed by atoms with Gasteiger partial charge in [0.25, 0.3) is 0 Å². The molecule has 7 aromatic rings. The van der Waals surface area contributed by atoms with Crippen molar-refractivity contribution >= 4 is 116 Å². The van der Waals surface area contributed by atoms with E-state index in [1.54, 1.807) is 24.3 Å². The Morgan fingerprint density at radius 3 is 0.903 bits per heavy atom. The molecule has 72 heavy (non-hydrogen) atoms. The van der Waals surface area contributed by atoms with E-state index in [9.17, 15) is 14.4 Å². The molecule has 16 heteroatoms. The number of methoxy groups -OCH3 is 3. The van der Waals surface area contributed by atoms with Crippen LogP contribution in [0.25, 0.3) is 44.5 Å². The first kappa shape index (κ1) is 61.3. The van der Waals surface area contributed by atoms with Gasteiger partial charge < -0.3 is 24.3 Å². The first-order valence-corrected chi connectivity index (χ1v) is 27.6. The van der Waals surface area contributed by atoms with E-state index in [2.05, 4.69) is 185 Å². The minimum absolute atomic E-state index is 0.335. The zero-order chi connectivity index (χ0) is 54.0. The summed E-state index contributed by atoms with van der Waals surface area (Å²) in [6.07, 6.45) is 0. The molecule has 0 atom stereocenters. The van der Waals surface area contributed by atoms with Crippen molar-refractivity contribution in [2.75, 3.05) is 21.3 Å². The molecule has 0 saturated heterocycles. The lowest BCUT2D eigenvalue weighted by atomic mass is 9.80. The molecule has 8 nitrogen and oxygen atoms in total. The Morgan fingerprint density at radius 2 is 0.639 bits per heavy atom. The minimum Gasteiger partial charge on any atom is -0.465 e. The Hall–Kier alpha value is -5.01. The summed E-state index contributed by atoms with van der Waals surface area (Å²) in [7, 11) is 3.47. The molecule has 0 heterocycles. The van der Waals surface area contributed by atoms with Crippen molar-refractivity contribution in [3.8, 4) is 44.5 Å².